The molecule has 172 valence electrons. The van der Waals surface area contributed by atoms with E-state index in [9.17, 15) is 14.7 Å². The molecule has 1 aromatic heterocycles. The molecular weight excluding hydrogens is 448 g/mol. The summed E-state index contributed by atoms with van der Waals surface area (Å²) < 4.78 is 5.45. The molecule has 3 rings (SSSR count). The number of amides is 1. The van der Waals surface area contributed by atoms with Crippen LogP contribution in [0.3, 0.4) is 0 Å². The van der Waals surface area contributed by atoms with E-state index < -0.39 is 17.7 Å². The monoisotopic (exact) mass is 476 g/mol. The Hall–Kier alpha value is -2.35. The zero-order valence-corrected chi connectivity index (χ0v) is 20.2. The number of carbonyl (C=O) groups excluding carboxylic acids is 2. The predicted molar refractivity (Wildman–Crippen MR) is 128 cm³/mol. The first kappa shape index (κ1) is 24.3. The highest BCUT2D eigenvalue weighted by Crippen LogP contribution is 2.41. The molecule has 2 heterocycles. The first-order valence-electron chi connectivity index (χ1n) is 10.9. The van der Waals surface area contributed by atoms with Gasteiger partial charge in [-0.15, -0.1) is 11.3 Å². The van der Waals surface area contributed by atoms with E-state index in [-0.39, 0.29) is 11.3 Å². The topological polar surface area (TPSA) is 70.1 Å². The van der Waals surface area contributed by atoms with Crippen LogP contribution in [-0.4, -0.2) is 59.4 Å². The molecule has 0 spiro atoms. The maximum absolute atomic E-state index is 13.0. The highest BCUT2D eigenvalue weighted by molar-refractivity contribution is 7.10. The molecule has 1 aliphatic heterocycles. The predicted octanol–water partition coefficient (Wildman–Crippen LogP) is 4.95. The fraction of sp³-hybridized carbons (Fsp3) is 0.417. The van der Waals surface area contributed by atoms with Crippen LogP contribution >= 0.6 is 22.9 Å². The summed E-state index contributed by atoms with van der Waals surface area (Å²) in [5.74, 6) is -0.981. The number of benzene rings is 1. The molecule has 1 N–H and O–H groups in total. The van der Waals surface area contributed by atoms with Gasteiger partial charge in [-0.25, -0.2) is 0 Å². The van der Waals surface area contributed by atoms with Gasteiger partial charge in [0, 0.05) is 17.0 Å². The maximum Gasteiger partial charge on any atom is 0.295 e. The fourth-order valence-electron chi connectivity index (χ4n) is 3.93. The van der Waals surface area contributed by atoms with Gasteiger partial charge in [-0.1, -0.05) is 31.5 Å². The van der Waals surface area contributed by atoms with Crippen LogP contribution < -0.4 is 4.74 Å². The molecule has 0 saturated carbocycles. The standard InChI is InChI=1S/C24H29ClN2O4S/c1-4-26(5-2)12-8-13-27-21(19-9-7-14-32-19)20(23(29)24(27)30)22(28)16-10-11-18(31-6-3)17(25)15-16/h7,9-11,14-15,21,28H,4-6,8,12-13H2,1-3H3. The lowest BCUT2D eigenvalue weighted by Gasteiger charge is -2.25. The number of hydrogen-bond donors (Lipinski definition) is 1. The molecule has 1 amide bonds. The zero-order chi connectivity index (χ0) is 23.3. The second-order valence-electron chi connectivity index (χ2n) is 7.47. The minimum absolute atomic E-state index is 0.0977. The third kappa shape index (κ3) is 5.00. The number of thiophene rings is 1. The van der Waals surface area contributed by atoms with E-state index >= 15 is 0 Å². The number of ketones is 1. The number of likely N-dealkylation sites (tertiary alicyclic amines) is 1. The number of rotatable bonds is 10. The van der Waals surface area contributed by atoms with Crippen molar-refractivity contribution in [1.29, 1.82) is 0 Å². The number of aliphatic hydroxyl groups excluding tert-OH is 1. The van der Waals surface area contributed by atoms with Crippen LogP contribution in [0.4, 0.5) is 0 Å². The molecule has 1 atom stereocenters. The molecule has 0 radical (unpaired) electrons. The quantitative estimate of drug-likeness (QED) is 0.298. The zero-order valence-electron chi connectivity index (χ0n) is 18.6. The summed E-state index contributed by atoms with van der Waals surface area (Å²) in [5.41, 5.74) is 0.474. The third-order valence-corrected chi connectivity index (χ3v) is 6.85. The smallest absolute Gasteiger partial charge is 0.295 e. The van der Waals surface area contributed by atoms with E-state index in [0.29, 0.717) is 29.5 Å². The van der Waals surface area contributed by atoms with Crippen LogP contribution in [0.15, 0.2) is 41.3 Å². The van der Waals surface area contributed by atoms with Gasteiger partial charge in [0.25, 0.3) is 11.7 Å². The number of aliphatic hydroxyl groups is 1. The van der Waals surface area contributed by atoms with Gasteiger partial charge in [-0.05, 0) is 62.6 Å². The van der Waals surface area contributed by atoms with E-state index in [1.807, 2.05) is 24.4 Å². The van der Waals surface area contributed by atoms with Gasteiger partial charge in [0.1, 0.15) is 11.5 Å². The summed E-state index contributed by atoms with van der Waals surface area (Å²) in [6.45, 7) is 9.65. The Morgan fingerprint density at radius 3 is 2.56 bits per heavy atom. The van der Waals surface area contributed by atoms with Crippen LogP contribution in [0.25, 0.3) is 5.76 Å². The third-order valence-electron chi connectivity index (χ3n) is 5.63. The van der Waals surface area contributed by atoms with Crippen molar-refractivity contribution in [3.8, 4) is 5.75 Å². The maximum atomic E-state index is 13.0. The second-order valence-corrected chi connectivity index (χ2v) is 8.85. The van der Waals surface area contributed by atoms with Gasteiger partial charge in [0.05, 0.1) is 23.2 Å². The average Bonchev–Trinajstić information content (AvgIpc) is 3.40. The van der Waals surface area contributed by atoms with Gasteiger partial charge in [-0.2, -0.15) is 0 Å². The highest BCUT2D eigenvalue weighted by atomic mass is 35.5. The molecule has 32 heavy (non-hydrogen) atoms. The Morgan fingerprint density at radius 1 is 1.22 bits per heavy atom. The molecule has 1 saturated heterocycles. The molecule has 6 nitrogen and oxygen atoms in total. The van der Waals surface area contributed by atoms with E-state index in [1.54, 1.807) is 23.1 Å². The minimum Gasteiger partial charge on any atom is -0.507 e. The Bertz CT molecular complexity index is 986. The largest absolute Gasteiger partial charge is 0.507 e. The minimum atomic E-state index is -0.672. The van der Waals surface area contributed by atoms with Crippen molar-refractivity contribution in [3.05, 3.63) is 56.7 Å². The summed E-state index contributed by atoms with van der Waals surface area (Å²) in [6.07, 6.45) is 0.742. The second kappa shape index (κ2) is 11.0. The SMILES string of the molecule is CCOc1ccc(C(O)=C2C(=O)C(=O)N(CCCN(CC)CC)C2c2cccs2)cc1Cl. The number of halogens is 1. The Labute approximate surface area is 198 Å². The van der Waals surface area contributed by atoms with Crippen LogP contribution in [0.2, 0.25) is 5.02 Å². The van der Waals surface area contributed by atoms with Crippen LogP contribution in [0.1, 0.15) is 43.7 Å². The van der Waals surface area contributed by atoms with E-state index in [4.69, 9.17) is 16.3 Å². The van der Waals surface area contributed by atoms with Crippen molar-refractivity contribution < 1.29 is 19.4 Å². The Morgan fingerprint density at radius 2 is 1.97 bits per heavy atom. The van der Waals surface area contributed by atoms with Crippen molar-refractivity contribution >= 4 is 40.4 Å². The van der Waals surface area contributed by atoms with Crippen LogP contribution in [-0.2, 0) is 9.59 Å². The molecule has 8 heteroatoms. The molecule has 1 aromatic carbocycles. The van der Waals surface area contributed by atoms with Gasteiger partial charge in [0.15, 0.2) is 0 Å². The molecule has 1 aliphatic rings. The van der Waals surface area contributed by atoms with Gasteiger partial charge in [0.2, 0.25) is 0 Å². The summed E-state index contributed by atoms with van der Waals surface area (Å²) in [4.78, 5) is 30.7. The molecule has 0 aliphatic carbocycles. The summed E-state index contributed by atoms with van der Waals surface area (Å²) in [5, 5.41) is 13.3. The highest BCUT2D eigenvalue weighted by Gasteiger charge is 2.46. The van der Waals surface area contributed by atoms with Gasteiger partial charge >= 0.3 is 0 Å². The Balaban J connectivity index is 1.97. The first-order chi connectivity index (χ1) is 15.4. The summed E-state index contributed by atoms with van der Waals surface area (Å²) in [6, 6.07) is 8.01. The summed E-state index contributed by atoms with van der Waals surface area (Å²) >= 11 is 7.75. The van der Waals surface area contributed by atoms with Crippen molar-refractivity contribution in [2.24, 2.45) is 0 Å². The van der Waals surface area contributed by atoms with Gasteiger partial charge < -0.3 is 19.6 Å². The van der Waals surface area contributed by atoms with Gasteiger partial charge in [-0.3, -0.25) is 9.59 Å². The number of Topliss-reactive ketones (excluding diaryl/α,β-unsaturated/α-hetero) is 1. The lowest BCUT2D eigenvalue weighted by molar-refractivity contribution is -0.139. The lowest BCUT2D eigenvalue weighted by atomic mass is 9.99. The molecule has 0 bridgehead atoms. The number of hydrogen-bond acceptors (Lipinski definition) is 6. The number of carbonyl (C=O) groups is 2. The van der Waals surface area contributed by atoms with E-state index in [1.165, 1.54) is 11.3 Å². The summed E-state index contributed by atoms with van der Waals surface area (Å²) in [7, 11) is 0. The van der Waals surface area contributed by atoms with E-state index in [0.717, 1.165) is 30.9 Å². The van der Waals surface area contributed by atoms with Crippen molar-refractivity contribution in [2.45, 2.75) is 33.2 Å². The fourth-order valence-corrected chi connectivity index (χ4v) is 5.01. The Kier molecular flexibility index (Phi) is 8.34. The van der Waals surface area contributed by atoms with Crippen molar-refractivity contribution in [3.63, 3.8) is 0 Å². The van der Waals surface area contributed by atoms with Crippen molar-refractivity contribution in [2.75, 3.05) is 32.8 Å². The van der Waals surface area contributed by atoms with Crippen LogP contribution in [0, 0.1) is 0 Å². The average molecular weight is 477 g/mol. The molecule has 1 fully saturated rings. The van der Waals surface area contributed by atoms with E-state index in [2.05, 4.69) is 18.7 Å². The normalized spacial score (nSPS) is 18.0. The first-order valence-corrected chi connectivity index (χ1v) is 12.1. The molecule has 1 unspecified atom stereocenters. The number of ether oxygens (including phenoxy) is 1. The number of nitrogens with zero attached hydrogens (tertiary/aromatic N) is 2. The molecular formula is C24H29ClN2O4S. The molecule has 2 aromatic rings. The van der Waals surface area contributed by atoms with Crippen LogP contribution in [0.5, 0.6) is 5.75 Å². The van der Waals surface area contributed by atoms with Crippen molar-refractivity contribution in [1.82, 2.24) is 9.80 Å². The lowest BCUT2D eigenvalue weighted by Crippen LogP contribution is -2.33.